The van der Waals surface area contributed by atoms with Crippen LogP contribution in [0, 0.1) is 16.7 Å². The Kier molecular flexibility index (Phi) is 4.92. The lowest BCUT2D eigenvalue weighted by atomic mass is 9.99. The van der Waals surface area contributed by atoms with Crippen LogP contribution in [-0.4, -0.2) is 11.5 Å². The molecule has 1 aromatic carbocycles. The summed E-state index contributed by atoms with van der Waals surface area (Å²) in [6.45, 7) is 3.56. The van der Waals surface area contributed by atoms with E-state index in [-0.39, 0.29) is 11.6 Å². The molecule has 0 radical (unpaired) electrons. The topological polar surface area (TPSA) is 98.0 Å². The summed E-state index contributed by atoms with van der Waals surface area (Å²) in [4.78, 5) is 0. The number of rotatable bonds is 4. The lowest BCUT2D eigenvalue weighted by Gasteiger charge is -2.15. The van der Waals surface area contributed by atoms with E-state index >= 15 is 0 Å². The van der Waals surface area contributed by atoms with Crippen LogP contribution in [0.5, 0.6) is 0 Å². The summed E-state index contributed by atoms with van der Waals surface area (Å²) < 4.78 is 39.1. The maximum absolute atomic E-state index is 13.0. The molecule has 0 atom stereocenters. The van der Waals surface area contributed by atoms with Gasteiger partial charge in [-0.05, 0) is 23.6 Å². The number of nitrogens with zero attached hydrogens (tertiary/aromatic N) is 2. The molecule has 0 spiro atoms. The fraction of sp³-hybridized carbons (Fsp3) is 0.308. The molecule has 0 aliphatic heterocycles. The average Bonchev–Trinajstić information content (AvgIpc) is 2.37. The van der Waals surface area contributed by atoms with Gasteiger partial charge in [-0.3, -0.25) is 10.8 Å². The zero-order valence-corrected chi connectivity index (χ0v) is 11.4. The Morgan fingerprint density at radius 2 is 2.05 bits per heavy atom. The number of nitrogens with two attached hydrogens (primary N) is 1. The zero-order valence-electron chi connectivity index (χ0n) is 11.4. The summed E-state index contributed by atoms with van der Waals surface area (Å²) in [6, 6.07) is 5.32. The highest BCUT2D eigenvalue weighted by Crippen LogP contribution is 2.36. The van der Waals surface area contributed by atoms with Crippen molar-refractivity contribution in [2.45, 2.75) is 25.9 Å². The highest BCUT2D eigenvalue weighted by Gasteiger charge is 2.34. The van der Waals surface area contributed by atoms with Crippen LogP contribution in [0.25, 0.3) is 0 Å². The maximum atomic E-state index is 13.0. The Bertz CT molecular complexity index is 611. The van der Waals surface area contributed by atoms with Crippen molar-refractivity contribution in [3.8, 4) is 6.07 Å². The fourth-order valence-corrected chi connectivity index (χ4v) is 1.51. The molecule has 0 saturated heterocycles. The first kappa shape index (κ1) is 16.5. The Labute approximate surface area is 119 Å². The van der Waals surface area contributed by atoms with E-state index in [0.29, 0.717) is 5.56 Å². The number of hydrogen-bond acceptors (Lipinski definition) is 4. The molecular formula is C13H14F3N5. The number of nitrogens with one attached hydrogen (secondary N) is 2. The summed E-state index contributed by atoms with van der Waals surface area (Å²) in [5.74, 6) is -0.687. The van der Waals surface area contributed by atoms with Gasteiger partial charge in [-0.25, -0.2) is 0 Å². The molecule has 8 heteroatoms. The van der Waals surface area contributed by atoms with E-state index in [1.807, 2.05) is 0 Å². The third-order valence-corrected chi connectivity index (χ3v) is 2.66. The van der Waals surface area contributed by atoms with Crippen molar-refractivity contribution in [3.63, 3.8) is 0 Å². The minimum absolute atomic E-state index is 0.0597. The monoisotopic (exact) mass is 297 g/mol. The van der Waals surface area contributed by atoms with Gasteiger partial charge in [0, 0.05) is 0 Å². The van der Waals surface area contributed by atoms with E-state index in [0.717, 1.165) is 6.07 Å². The lowest BCUT2D eigenvalue weighted by Crippen LogP contribution is -2.22. The molecule has 0 heterocycles. The molecule has 4 N–H and O–H groups in total. The number of hydrazone groups is 1. The van der Waals surface area contributed by atoms with Crippen molar-refractivity contribution >= 4 is 17.2 Å². The van der Waals surface area contributed by atoms with Crippen molar-refractivity contribution in [2.24, 2.45) is 10.8 Å². The van der Waals surface area contributed by atoms with E-state index in [1.165, 1.54) is 18.2 Å². The van der Waals surface area contributed by atoms with Crippen molar-refractivity contribution in [1.82, 2.24) is 0 Å². The first-order valence-electron chi connectivity index (χ1n) is 5.96. The molecule has 0 bridgehead atoms. The number of benzene rings is 1. The fourth-order valence-electron chi connectivity index (χ4n) is 1.51. The predicted molar refractivity (Wildman–Crippen MR) is 74.1 cm³/mol. The van der Waals surface area contributed by atoms with Crippen LogP contribution in [0.4, 0.5) is 18.9 Å². The second-order valence-corrected chi connectivity index (χ2v) is 4.56. The Hall–Kier alpha value is -2.56. The van der Waals surface area contributed by atoms with Gasteiger partial charge < -0.3 is 5.73 Å². The van der Waals surface area contributed by atoms with Crippen LogP contribution >= 0.6 is 0 Å². The molecule has 1 rings (SSSR count). The molecule has 0 unspecified atom stereocenters. The molecule has 0 amide bonds. The second kappa shape index (κ2) is 6.26. The van der Waals surface area contributed by atoms with E-state index in [1.54, 1.807) is 13.8 Å². The molecular weight excluding hydrogens is 283 g/mol. The van der Waals surface area contributed by atoms with Crippen LogP contribution in [0.1, 0.15) is 30.9 Å². The van der Waals surface area contributed by atoms with Gasteiger partial charge in [0.25, 0.3) is 0 Å². The third kappa shape index (κ3) is 4.21. The van der Waals surface area contributed by atoms with Crippen molar-refractivity contribution < 1.29 is 13.2 Å². The minimum Gasteiger partial charge on any atom is -0.382 e. The number of halogens is 3. The van der Waals surface area contributed by atoms with Crippen LogP contribution < -0.4 is 11.2 Å². The predicted octanol–water partition coefficient (Wildman–Crippen LogP) is 3.06. The van der Waals surface area contributed by atoms with E-state index < -0.39 is 23.3 Å². The number of anilines is 1. The van der Waals surface area contributed by atoms with Gasteiger partial charge in [0.2, 0.25) is 5.71 Å². The second-order valence-electron chi connectivity index (χ2n) is 4.56. The standard InChI is InChI=1S/C13H14F3N5/c1-7(2)8-3-4-10(9(5-8)13(14,15)16)20-21-11(6-17)12(18)19/h3-5,7,20H,1-2H3,(H3,18,19)/b21-11+. The summed E-state index contributed by atoms with van der Waals surface area (Å²) in [7, 11) is 0. The largest absolute Gasteiger partial charge is 0.418 e. The number of nitriles is 1. The molecule has 1 aromatic rings. The zero-order chi connectivity index (χ0) is 16.2. The van der Waals surface area contributed by atoms with Crippen LogP contribution in [0.2, 0.25) is 0 Å². The number of hydrogen-bond donors (Lipinski definition) is 3. The van der Waals surface area contributed by atoms with Crippen molar-refractivity contribution in [1.29, 1.82) is 10.7 Å². The van der Waals surface area contributed by atoms with Crippen LogP contribution in [0.15, 0.2) is 23.3 Å². The van der Waals surface area contributed by atoms with Gasteiger partial charge in [-0.1, -0.05) is 19.9 Å². The molecule has 5 nitrogen and oxygen atoms in total. The molecule has 0 fully saturated rings. The molecule has 21 heavy (non-hydrogen) atoms. The SMILES string of the molecule is CC(C)c1ccc(N/N=C(\C#N)C(=N)N)c(C(F)(F)F)c1. The smallest absolute Gasteiger partial charge is 0.382 e. The van der Waals surface area contributed by atoms with Crippen LogP contribution in [0.3, 0.4) is 0 Å². The summed E-state index contributed by atoms with van der Waals surface area (Å²) >= 11 is 0. The highest BCUT2D eigenvalue weighted by molar-refractivity contribution is 6.45. The first-order chi connectivity index (χ1) is 9.66. The Morgan fingerprint density at radius 1 is 1.43 bits per heavy atom. The molecule has 112 valence electrons. The number of alkyl halides is 3. The minimum atomic E-state index is -4.56. The third-order valence-electron chi connectivity index (χ3n) is 2.66. The highest BCUT2D eigenvalue weighted by atomic mass is 19.4. The lowest BCUT2D eigenvalue weighted by molar-refractivity contribution is -0.137. The Balaban J connectivity index is 3.25. The van der Waals surface area contributed by atoms with Gasteiger partial charge in [-0.2, -0.15) is 23.5 Å². The summed E-state index contributed by atoms with van der Waals surface area (Å²) in [5, 5.41) is 19.1. The first-order valence-corrected chi connectivity index (χ1v) is 5.96. The van der Waals surface area contributed by atoms with Gasteiger partial charge >= 0.3 is 6.18 Å². The normalized spacial score (nSPS) is 12.1. The van der Waals surface area contributed by atoms with Crippen molar-refractivity contribution in [2.75, 3.05) is 5.43 Å². The van der Waals surface area contributed by atoms with Crippen molar-refractivity contribution in [3.05, 3.63) is 29.3 Å². The average molecular weight is 297 g/mol. The van der Waals surface area contributed by atoms with Gasteiger partial charge in [0.15, 0.2) is 5.84 Å². The van der Waals surface area contributed by atoms with Gasteiger partial charge in [0.1, 0.15) is 6.07 Å². The van der Waals surface area contributed by atoms with Gasteiger partial charge in [0.05, 0.1) is 11.3 Å². The summed E-state index contributed by atoms with van der Waals surface area (Å²) in [6.07, 6.45) is -4.56. The molecule has 0 aliphatic rings. The van der Waals surface area contributed by atoms with E-state index in [9.17, 15) is 13.2 Å². The quantitative estimate of drug-likeness (QED) is 0.452. The van der Waals surface area contributed by atoms with Crippen LogP contribution in [-0.2, 0) is 6.18 Å². The van der Waals surface area contributed by atoms with E-state index in [2.05, 4.69) is 10.5 Å². The molecule has 0 saturated carbocycles. The van der Waals surface area contributed by atoms with E-state index in [4.69, 9.17) is 16.4 Å². The number of amidine groups is 1. The maximum Gasteiger partial charge on any atom is 0.418 e. The molecule has 0 aromatic heterocycles. The molecule has 0 aliphatic carbocycles. The summed E-state index contributed by atoms with van der Waals surface area (Å²) in [5.41, 5.74) is 6.06. The Morgan fingerprint density at radius 3 is 2.48 bits per heavy atom. The van der Waals surface area contributed by atoms with Gasteiger partial charge in [-0.15, -0.1) is 0 Å².